The van der Waals surface area contributed by atoms with E-state index >= 15 is 0 Å². The summed E-state index contributed by atoms with van der Waals surface area (Å²) < 4.78 is 0. The average molecular weight is 237 g/mol. The van der Waals surface area contributed by atoms with Crippen LogP contribution in [0.25, 0.3) is 0 Å². The minimum absolute atomic E-state index is 0.363. The molecule has 0 saturated heterocycles. The molecule has 1 aromatic heterocycles. The Morgan fingerprint density at radius 1 is 1.59 bits per heavy atom. The van der Waals surface area contributed by atoms with Gasteiger partial charge in [0.25, 0.3) is 0 Å². The number of aromatic nitrogens is 2. The van der Waals surface area contributed by atoms with Gasteiger partial charge in [0.05, 0.1) is 11.6 Å². The lowest BCUT2D eigenvalue weighted by Gasteiger charge is -2.21. The number of hydrogen-bond acceptors (Lipinski definition) is 4. The molecule has 0 aliphatic heterocycles. The zero-order chi connectivity index (χ0) is 12.8. The monoisotopic (exact) mass is 237 g/mol. The van der Waals surface area contributed by atoms with Gasteiger partial charge in [-0.15, -0.1) is 0 Å². The van der Waals surface area contributed by atoms with Gasteiger partial charge in [-0.2, -0.15) is 0 Å². The van der Waals surface area contributed by atoms with E-state index in [-0.39, 0.29) is 5.92 Å². The summed E-state index contributed by atoms with van der Waals surface area (Å²) in [4.78, 5) is 21.2. The van der Waals surface area contributed by atoms with Crippen molar-refractivity contribution in [2.75, 3.05) is 13.1 Å². The van der Waals surface area contributed by atoms with Crippen LogP contribution in [0.5, 0.6) is 0 Å². The number of rotatable bonds is 6. The summed E-state index contributed by atoms with van der Waals surface area (Å²) in [5.41, 5.74) is 0.928. The second-order valence-corrected chi connectivity index (χ2v) is 4.16. The lowest BCUT2D eigenvalue weighted by Crippen LogP contribution is -2.31. The van der Waals surface area contributed by atoms with Gasteiger partial charge < -0.3 is 5.11 Å². The highest BCUT2D eigenvalue weighted by atomic mass is 16.4. The molecule has 1 N–H and O–H groups in total. The predicted molar refractivity (Wildman–Crippen MR) is 64.5 cm³/mol. The maximum atomic E-state index is 10.8. The minimum Gasteiger partial charge on any atom is -0.481 e. The number of carboxylic acids is 1. The van der Waals surface area contributed by atoms with E-state index in [4.69, 9.17) is 5.11 Å². The van der Waals surface area contributed by atoms with Gasteiger partial charge in [-0.25, -0.2) is 9.97 Å². The van der Waals surface area contributed by atoms with Crippen LogP contribution in [0.2, 0.25) is 0 Å². The van der Waals surface area contributed by atoms with Crippen molar-refractivity contribution in [1.82, 2.24) is 14.9 Å². The van der Waals surface area contributed by atoms with Gasteiger partial charge >= 0.3 is 5.97 Å². The zero-order valence-electron chi connectivity index (χ0n) is 10.6. The van der Waals surface area contributed by atoms with Gasteiger partial charge in [-0.1, -0.05) is 13.8 Å². The van der Waals surface area contributed by atoms with E-state index in [9.17, 15) is 4.79 Å². The summed E-state index contributed by atoms with van der Waals surface area (Å²) in [6.07, 6.45) is 1.73. The molecule has 0 radical (unpaired) electrons. The van der Waals surface area contributed by atoms with Crippen molar-refractivity contribution < 1.29 is 9.90 Å². The third kappa shape index (κ3) is 4.48. The normalized spacial score (nSPS) is 12.7. The molecule has 0 aliphatic rings. The minimum atomic E-state index is -0.762. The summed E-state index contributed by atoms with van der Waals surface area (Å²) in [6.45, 7) is 7.59. The van der Waals surface area contributed by atoms with Crippen molar-refractivity contribution in [2.24, 2.45) is 5.92 Å². The highest BCUT2D eigenvalue weighted by Crippen LogP contribution is 2.05. The van der Waals surface area contributed by atoms with Gasteiger partial charge in [0.15, 0.2) is 0 Å². The fourth-order valence-electron chi connectivity index (χ4n) is 1.59. The largest absolute Gasteiger partial charge is 0.481 e. The van der Waals surface area contributed by atoms with Crippen LogP contribution in [0.4, 0.5) is 0 Å². The van der Waals surface area contributed by atoms with Gasteiger partial charge in [0.2, 0.25) is 0 Å². The van der Waals surface area contributed by atoms with Crippen molar-refractivity contribution in [2.45, 2.75) is 27.3 Å². The van der Waals surface area contributed by atoms with Crippen molar-refractivity contribution in [1.29, 1.82) is 0 Å². The summed E-state index contributed by atoms with van der Waals surface area (Å²) in [5, 5.41) is 8.88. The number of nitrogens with zero attached hydrogens (tertiary/aromatic N) is 3. The van der Waals surface area contributed by atoms with Crippen molar-refractivity contribution in [3.05, 3.63) is 23.8 Å². The summed E-state index contributed by atoms with van der Waals surface area (Å²) >= 11 is 0. The Labute approximate surface area is 102 Å². The summed E-state index contributed by atoms with van der Waals surface area (Å²) in [6, 6.07) is 1.86. The molecular weight excluding hydrogens is 218 g/mol. The lowest BCUT2D eigenvalue weighted by molar-refractivity contribution is -0.141. The molecule has 1 unspecified atom stereocenters. The number of aliphatic carboxylic acids is 1. The number of hydrogen-bond donors (Lipinski definition) is 1. The molecule has 17 heavy (non-hydrogen) atoms. The smallest absolute Gasteiger partial charge is 0.307 e. The third-order valence-corrected chi connectivity index (χ3v) is 2.62. The van der Waals surface area contributed by atoms with E-state index in [0.717, 1.165) is 18.1 Å². The molecule has 1 rings (SSSR count). The zero-order valence-corrected chi connectivity index (χ0v) is 10.6. The molecule has 1 aromatic rings. The summed E-state index contributed by atoms with van der Waals surface area (Å²) in [5.74, 6) is -0.384. The molecule has 0 saturated carbocycles. The van der Waals surface area contributed by atoms with Crippen LogP contribution in [-0.4, -0.2) is 39.0 Å². The fourth-order valence-corrected chi connectivity index (χ4v) is 1.59. The molecule has 0 aliphatic carbocycles. The molecule has 5 nitrogen and oxygen atoms in total. The molecule has 5 heteroatoms. The molecular formula is C12H19N3O2. The molecule has 1 heterocycles. The van der Waals surface area contributed by atoms with Crippen LogP contribution < -0.4 is 0 Å². The molecule has 0 spiro atoms. The Balaban J connectivity index is 2.61. The first-order chi connectivity index (χ1) is 8.02. The van der Waals surface area contributed by atoms with Crippen LogP contribution >= 0.6 is 0 Å². The standard InChI is InChI=1S/C12H19N3O2/c1-4-15(7-9(2)12(16)17)8-11-5-6-13-10(3)14-11/h5-6,9H,4,7-8H2,1-3H3,(H,16,17). The first-order valence-corrected chi connectivity index (χ1v) is 5.76. The van der Waals surface area contributed by atoms with Crippen LogP contribution in [0.3, 0.4) is 0 Å². The third-order valence-electron chi connectivity index (χ3n) is 2.62. The maximum Gasteiger partial charge on any atom is 0.307 e. The SMILES string of the molecule is CCN(Cc1ccnc(C)n1)CC(C)C(=O)O. The Morgan fingerprint density at radius 3 is 2.82 bits per heavy atom. The van der Waals surface area contributed by atoms with Gasteiger partial charge in [0, 0.05) is 19.3 Å². The van der Waals surface area contributed by atoms with E-state index < -0.39 is 5.97 Å². The van der Waals surface area contributed by atoms with Crippen molar-refractivity contribution in [3.63, 3.8) is 0 Å². The topological polar surface area (TPSA) is 66.3 Å². The average Bonchev–Trinajstić information content (AvgIpc) is 2.27. The van der Waals surface area contributed by atoms with Crippen molar-refractivity contribution >= 4 is 5.97 Å². The van der Waals surface area contributed by atoms with Gasteiger partial charge in [-0.05, 0) is 19.5 Å². The van der Waals surface area contributed by atoms with E-state index in [2.05, 4.69) is 14.9 Å². The van der Waals surface area contributed by atoms with E-state index in [1.165, 1.54) is 0 Å². The van der Waals surface area contributed by atoms with Crippen LogP contribution in [0.15, 0.2) is 12.3 Å². The van der Waals surface area contributed by atoms with E-state index in [1.807, 2.05) is 19.9 Å². The second-order valence-electron chi connectivity index (χ2n) is 4.16. The van der Waals surface area contributed by atoms with Crippen molar-refractivity contribution in [3.8, 4) is 0 Å². The summed E-state index contributed by atoms with van der Waals surface area (Å²) in [7, 11) is 0. The molecule has 0 aromatic carbocycles. The molecule has 0 fully saturated rings. The highest BCUT2D eigenvalue weighted by Gasteiger charge is 2.15. The highest BCUT2D eigenvalue weighted by molar-refractivity contribution is 5.69. The van der Waals surface area contributed by atoms with E-state index in [0.29, 0.717) is 13.1 Å². The number of carbonyl (C=O) groups is 1. The van der Waals surface area contributed by atoms with Crippen LogP contribution in [-0.2, 0) is 11.3 Å². The Kier molecular flexibility index (Phi) is 5.03. The molecule has 94 valence electrons. The van der Waals surface area contributed by atoms with Crippen LogP contribution in [0.1, 0.15) is 25.4 Å². The number of carboxylic acid groups (broad SMARTS) is 1. The van der Waals surface area contributed by atoms with Gasteiger partial charge in [0.1, 0.15) is 5.82 Å². The fraction of sp³-hybridized carbons (Fsp3) is 0.583. The first kappa shape index (κ1) is 13.6. The first-order valence-electron chi connectivity index (χ1n) is 5.76. The Morgan fingerprint density at radius 2 is 2.29 bits per heavy atom. The quantitative estimate of drug-likeness (QED) is 0.808. The Hall–Kier alpha value is -1.49. The maximum absolute atomic E-state index is 10.8. The lowest BCUT2D eigenvalue weighted by atomic mass is 10.1. The molecule has 1 atom stereocenters. The predicted octanol–water partition coefficient (Wildman–Crippen LogP) is 1.33. The molecule has 0 amide bonds. The van der Waals surface area contributed by atoms with E-state index in [1.54, 1.807) is 13.1 Å². The van der Waals surface area contributed by atoms with Crippen LogP contribution in [0, 0.1) is 12.8 Å². The van der Waals surface area contributed by atoms with Gasteiger partial charge in [-0.3, -0.25) is 9.69 Å². The second kappa shape index (κ2) is 6.30. The Bertz CT molecular complexity index is 382. The number of aryl methyl sites for hydroxylation is 1. The molecule has 0 bridgehead atoms.